The molecule has 1 aliphatic carbocycles. The monoisotopic (exact) mass is 226 g/mol. The number of carbonyl (C=O) groups is 1. The smallest absolute Gasteiger partial charge is 0.410 e. The number of rotatable bonds is 3. The molecule has 0 aromatic rings. The molecule has 0 spiro atoms. The fourth-order valence-electron chi connectivity index (χ4n) is 2.87. The van der Waals surface area contributed by atoms with Crippen molar-refractivity contribution >= 4 is 6.09 Å². The molecular formula is C12H22N2O2. The summed E-state index contributed by atoms with van der Waals surface area (Å²) in [5.41, 5.74) is 5.58. The van der Waals surface area contributed by atoms with Crippen LogP contribution in [0, 0.1) is 0 Å². The number of hydrogen-bond donors (Lipinski definition) is 1. The molecule has 1 heterocycles. The fraction of sp³-hybridized carbons (Fsp3) is 0.917. The van der Waals surface area contributed by atoms with Gasteiger partial charge in [0.05, 0.1) is 6.04 Å². The van der Waals surface area contributed by atoms with Crippen molar-refractivity contribution in [2.75, 3.05) is 13.2 Å². The summed E-state index contributed by atoms with van der Waals surface area (Å²) in [6, 6.07) is 0.620. The summed E-state index contributed by atoms with van der Waals surface area (Å²) < 4.78 is 5.16. The summed E-state index contributed by atoms with van der Waals surface area (Å²) in [4.78, 5) is 13.7. The SMILES string of the molecule is NCCC1COC(=O)N1C1CCCCCC1. The van der Waals surface area contributed by atoms with Crippen molar-refractivity contribution in [3.05, 3.63) is 0 Å². The molecule has 1 saturated carbocycles. The zero-order valence-electron chi connectivity index (χ0n) is 9.86. The lowest BCUT2D eigenvalue weighted by Crippen LogP contribution is -2.42. The third kappa shape index (κ3) is 2.48. The summed E-state index contributed by atoms with van der Waals surface area (Å²) in [5.74, 6) is 0. The molecule has 2 N–H and O–H groups in total. The van der Waals surface area contributed by atoms with Crippen LogP contribution in [0.15, 0.2) is 0 Å². The van der Waals surface area contributed by atoms with Crippen molar-refractivity contribution in [3.8, 4) is 0 Å². The lowest BCUT2D eigenvalue weighted by molar-refractivity contribution is 0.138. The van der Waals surface area contributed by atoms with Crippen molar-refractivity contribution < 1.29 is 9.53 Å². The number of amides is 1. The molecule has 16 heavy (non-hydrogen) atoms. The van der Waals surface area contributed by atoms with E-state index >= 15 is 0 Å². The number of nitrogens with zero attached hydrogens (tertiary/aromatic N) is 1. The summed E-state index contributed by atoms with van der Waals surface area (Å²) >= 11 is 0. The Kier molecular flexibility index (Phi) is 4.04. The third-order valence-corrected chi connectivity index (χ3v) is 3.72. The van der Waals surface area contributed by atoms with E-state index in [0.29, 0.717) is 19.2 Å². The van der Waals surface area contributed by atoms with Crippen molar-refractivity contribution in [3.63, 3.8) is 0 Å². The minimum atomic E-state index is -0.120. The van der Waals surface area contributed by atoms with E-state index in [0.717, 1.165) is 19.3 Å². The molecule has 1 unspecified atom stereocenters. The molecule has 2 rings (SSSR count). The second-order valence-electron chi connectivity index (χ2n) is 4.86. The molecule has 2 fully saturated rings. The average molecular weight is 226 g/mol. The predicted octanol–water partition coefficient (Wildman–Crippen LogP) is 1.88. The average Bonchev–Trinajstić information content (AvgIpc) is 2.53. The van der Waals surface area contributed by atoms with Crippen molar-refractivity contribution in [2.24, 2.45) is 5.73 Å². The minimum Gasteiger partial charge on any atom is -0.447 e. The first kappa shape index (κ1) is 11.7. The van der Waals surface area contributed by atoms with Crippen LogP contribution in [0.3, 0.4) is 0 Å². The molecule has 4 nitrogen and oxygen atoms in total. The first-order valence-electron chi connectivity index (χ1n) is 6.48. The summed E-state index contributed by atoms with van der Waals surface area (Å²) in [7, 11) is 0. The van der Waals surface area contributed by atoms with Crippen LogP contribution in [-0.2, 0) is 4.74 Å². The third-order valence-electron chi connectivity index (χ3n) is 3.72. The summed E-state index contributed by atoms with van der Waals surface area (Å²) in [5, 5.41) is 0. The Hall–Kier alpha value is -0.770. The minimum absolute atomic E-state index is 0.120. The molecule has 1 saturated heterocycles. The van der Waals surface area contributed by atoms with Crippen LogP contribution in [0.5, 0.6) is 0 Å². The molecule has 1 amide bonds. The van der Waals surface area contributed by atoms with E-state index in [1.807, 2.05) is 4.90 Å². The van der Waals surface area contributed by atoms with Crippen LogP contribution in [0.25, 0.3) is 0 Å². The van der Waals surface area contributed by atoms with Gasteiger partial charge < -0.3 is 10.5 Å². The maximum atomic E-state index is 11.7. The number of carbonyl (C=O) groups excluding carboxylic acids is 1. The Morgan fingerprint density at radius 1 is 1.25 bits per heavy atom. The van der Waals surface area contributed by atoms with E-state index in [9.17, 15) is 4.79 Å². The van der Waals surface area contributed by atoms with Crippen LogP contribution in [0.1, 0.15) is 44.9 Å². The lowest BCUT2D eigenvalue weighted by Gasteiger charge is -2.29. The van der Waals surface area contributed by atoms with Gasteiger partial charge in [-0.25, -0.2) is 4.79 Å². The zero-order valence-corrected chi connectivity index (χ0v) is 9.86. The van der Waals surface area contributed by atoms with Crippen molar-refractivity contribution in [2.45, 2.75) is 57.0 Å². The van der Waals surface area contributed by atoms with Gasteiger partial charge in [0.25, 0.3) is 0 Å². The van der Waals surface area contributed by atoms with Crippen LogP contribution < -0.4 is 5.73 Å². The Labute approximate surface area is 97.1 Å². The number of hydrogen-bond acceptors (Lipinski definition) is 3. The van der Waals surface area contributed by atoms with Gasteiger partial charge >= 0.3 is 6.09 Å². The molecule has 0 aromatic heterocycles. The fourth-order valence-corrected chi connectivity index (χ4v) is 2.87. The number of cyclic esters (lactones) is 1. The summed E-state index contributed by atoms with van der Waals surface area (Å²) in [6.45, 7) is 1.16. The second-order valence-corrected chi connectivity index (χ2v) is 4.86. The highest BCUT2D eigenvalue weighted by Crippen LogP contribution is 2.27. The standard InChI is InChI=1S/C12H22N2O2/c13-8-7-11-9-16-12(15)14(11)10-5-3-1-2-4-6-10/h10-11H,1-9,13H2. The van der Waals surface area contributed by atoms with Gasteiger partial charge in [-0.3, -0.25) is 4.90 Å². The molecule has 4 heteroatoms. The van der Waals surface area contributed by atoms with Crippen LogP contribution in [-0.4, -0.2) is 36.2 Å². The maximum Gasteiger partial charge on any atom is 0.410 e. The topological polar surface area (TPSA) is 55.6 Å². The molecule has 0 bridgehead atoms. The molecule has 0 aromatic carbocycles. The van der Waals surface area contributed by atoms with Crippen LogP contribution in [0.4, 0.5) is 4.79 Å². The summed E-state index contributed by atoms with van der Waals surface area (Å²) in [6.07, 6.45) is 8.11. The van der Waals surface area contributed by atoms with Gasteiger partial charge in [0.1, 0.15) is 6.61 Å². The molecular weight excluding hydrogens is 204 g/mol. The molecule has 2 aliphatic rings. The van der Waals surface area contributed by atoms with Crippen molar-refractivity contribution in [1.29, 1.82) is 0 Å². The van der Waals surface area contributed by atoms with Crippen molar-refractivity contribution in [1.82, 2.24) is 4.90 Å². The van der Waals surface area contributed by atoms with E-state index in [2.05, 4.69) is 0 Å². The van der Waals surface area contributed by atoms with Gasteiger partial charge in [0.2, 0.25) is 0 Å². The highest BCUT2D eigenvalue weighted by atomic mass is 16.6. The predicted molar refractivity (Wildman–Crippen MR) is 62.1 cm³/mol. The zero-order chi connectivity index (χ0) is 11.4. The van der Waals surface area contributed by atoms with Gasteiger partial charge in [-0.1, -0.05) is 25.7 Å². The Morgan fingerprint density at radius 3 is 2.56 bits per heavy atom. The highest BCUT2D eigenvalue weighted by Gasteiger charge is 2.37. The molecule has 1 atom stereocenters. The van der Waals surface area contributed by atoms with E-state index < -0.39 is 0 Å². The Balaban J connectivity index is 2.00. The van der Waals surface area contributed by atoms with Crippen LogP contribution >= 0.6 is 0 Å². The van der Waals surface area contributed by atoms with E-state index in [-0.39, 0.29) is 12.1 Å². The molecule has 1 aliphatic heterocycles. The quantitative estimate of drug-likeness (QED) is 0.747. The van der Waals surface area contributed by atoms with Gasteiger partial charge in [-0.05, 0) is 25.8 Å². The van der Waals surface area contributed by atoms with E-state index in [1.54, 1.807) is 0 Å². The number of nitrogens with two attached hydrogens (primary N) is 1. The van der Waals surface area contributed by atoms with Gasteiger partial charge in [0.15, 0.2) is 0 Å². The Bertz CT molecular complexity index is 237. The van der Waals surface area contributed by atoms with E-state index in [4.69, 9.17) is 10.5 Å². The molecule has 92 valence electrons. The van der Waals surface area contributed by atoms with Gasteiger partial charge in [0, 0.05) is 6.04 Å². The van der Waals surface area contributed by atoms with Gasteiger partial charge in [-0.2, -0.15) is 0 Å². The largest absolute Gasteiger partial charge is 0.447 e. The first-order chi connectivity index (χ1) is 7.83. The van der Waals surface area contributed by atoms with Gasteiger partial charge in [-0.15, -0.1) is 0 Å². The Morgan fingerprint density at radius 2 is 1.94 bits per heavy atom. The molecule has 0 radical (unpaired) electrons. The highest BCUT2D eigenvalue weighted by molar-refractivity contribution is 5.70. The van der Waals surface area contributed by atoms with Crippen LogP contribution in [0.2, 0.25) is 0 Å². The first-order valence-corrected chi connectivity index (χ1v) is 6.48. The number of ether oxygens (including phenoxy) is 1. The lowest BCUT2D eigenvalue weighted by atomic mass is 10.0. The normalized spacial score (nSPS) is 27.9. The maximum absolute atomic E-state index is 11.7. The van der Waals surface area contributed by atoms with E-state index in [1.165, 1.54) is 25.7 Å². The second kappa shape index (κ2) is 5.53.